The number of carbonyl (C=O) groups excluding carboxylic acids is 2. The zero-order valence-electron chi connectivity index (χ0n) is 12.8. The summed E-state index contributed by atoms with van der Waals surface area (Å²) in [7, 11) is 0. The molecule has 0 aliphatic carbocycles. The molecule has 0 atom stereocenters. The van der Waals surface area contributed by atoms with Crippen LogP contribution in [-0.4, -0.2) is 21.2 Å². The molecule has 2 heterocycles. The molecule has 0 unspecified atom stereocenters. The SMILES string of the molecule is CC(=O)c1cn(CC(=O)NCc2ccncc2)c2ccccc12. The predicted molar refractivity (Wildman–Crippen MR) is 88.0 cm³/mol. The van der Waals surface area contributed by atoms with Crippen LogP contribution in [0.3, 0.4) is 0 Å². The van der Waals surface area contributed by atoms with Gasteiger partial charge >= 0.3 is 0 Å². The molecule has 0 bridgehead atoms. The van der Waals surface area contributed by atoms with Crippen LogP contribution < -0.4 is 5.32 Å². The second-order valence-corrected chi connectivity index (χ2v) is 5.38. The lowest BCUT2D eigenvalue weighted by Gasteiger charge is -2.07. The van der Waals surface area contributed by atoms with Crippen molar-refractivity contribution in [3.63, 3.8) is 0 Å². The van der Waals surface area contributed by atoms with Gasteiger partial charge in [0.15, 0.2) is 5.78 Å². The minimum Gasteiger partial charge on any atom is -0.350 e. The summed E-state index contributed by atoms with van der Waals surface area (Å²) in [5.74, 6) is -0.102. The molecule has 2 aromatic heterocycles. The highest BCUT2D eigenvalue weighted by atomic mass is 16.2. The van der Waals surface area contributed by atoms with E-state index in [-0.39, 0.29) is 18.2 Å². The Morgan fingerprint density at radius 2 is 1.87 bits per heavy atom. The Bertz CT molecular complexity index is 853. The van der Waals surface area contributed by atoms with Gasteiger partial charge in [-0.05, 0) is 30.7 Å². The fraction of sp³-hybridized carbons (Fsp3) is 0.167. The number of nitrogens with zero attached hydrogens (tertiary/aromatic N) is 2. The third-order valence-corrected chi connectivity index (χ3v) is 3.72. The number of carbonyl (C=O) groups is 2. The first kappa shape index (κ1) is 15.0. The van der Waals surface area contributed by atoms with Crippen molar-refractivity contribution in [2.45, 2.75) is 20.0 Å². The van der Waals surface area contributed by atoms with Crippen molar-refractivity contribution in [3.8, 4) is 0 Å². The fourth-order valence-corrected chi connectivity index (χ4v) is 2.57. The maximum absolute atomic E-state index is 12.2. The van der Waals surface area contributed by atoms with E-state index in [1.165, 1.54) is 6.92 Å². The number of nitrogens with one attached hydrogen (secondary N) is 1. The van der Waals surface area contributed by atoms with E-state index in [1.807, 2.05) is 41.0 Å². The number of benzene rings is 1. The Kier molecular flexibility index (Phi) is 4.19. The minimum atomic E-state index is -0.0994. The molecular weight excluding hydrogens is 290 g/mol. The number of hydrogen-bond donors (Lipinski definition) is 1. The predicted octanol–water partition coefficient (Wildman–Crippen LogP) is 2.56. The second-order valence-electron chi connectivity index (χ2n) is 5.38. The average Bonchev–Trinajstić information content (AvgIpc) is 2.93. The molecule has 1 N–H and O–H groups in total. The van der Waals surface area contributed by atoms with Crippen LogP contribution in [0.5, 0.6) is 0 Å². The molecule has 3 aromatic rings. The molecule has 0 aliphatic heterocycles. The molecule has 116 valence electrons. The highest BCUT2D eigenvalue weighted by Gasteiger charge is 2.13. The summed E-state index contributed by atoms with van der Waals surface area (Å²) in [5.41, 5.74) is 2.52. The lowest BCUT2D eigenvalue weighted by atomic mass is 10.1. The second kappa shape index (κ2) is 6.44. The monoisotopic (exact) mass is 307 g/mol. The Morgan fingerprint density at radius 1 is 1.13 bits per heavy atom. The normalized spacial score (nSPS) is 10.7. The van der Waals surface area contributed by atoms with Gasteiger partial charge in [-0.2, -0.15) is 0 Å². The Balaban J connectivity index is 1.76. The highest BCUT2D eigenvalue weighted by Crippen LogP contribution is 2.21. The molecule has 0 radical (unpaired) electrons. The number of hydrogen-bond acceptors (Lipinski definition) is 3. The molecule has 0 saturated heterocycles. The van der Waals surface area contributed by atoms with Crippen molar-refractivity contribution in [1.29, 1.82) is 0 Å². The van der Waals surface area contributed by atoms with E-state index in [0.29, 0.717) is 12.1 Å². The first-order valence-electron chi connectivity index (χ1n) is 7.39. The number of ketones is 1. The number of amides is 1. The van der Waals surface area contributed by atoms with Crippen molar-refractivity contribution >= 4 is 22.6 Å². The maximum Gasteiger partial charge on any atom is 0.240 e. The van der Waals surface area contributed by atoms with E-state index in [0.717, 1.165) is 16.5 Å². The molecule has 3 rings (SSSR count). The van der Waals surface area contributed by atoms with E-state index in [2.05, 4.69) is 10.3 Å². The van der Waals surface area contributed by atoms with Gasteiger partial charge in [0.1, 0.15) is 6.54 Å². The maximum atomic E-state index is 12.2. The van der Waals surface area contributed by atoms with E-state index in [4.69, 9.17) is 0 Å². The van der Waals surface area contributed by atoms with Crippen LogP contribution in [0.2, 0.25) is 0 Å². The Hall–Kier alpha value is -2.95. The van der Waals surface area contributed by atoms with Gasteiger partial charge < -0.3 is 9.88 Å². The Morgan fingerprint density at radius 3 is 2.61 bits per heavy atom. The van der Waals surface area contributed by atoms with E-state index in [1.54, 1.807) is 18.6 Å². The molecular formula is C18H17N3O2. The molecule has 0 aliphatic rings. The summed E-state index contributed by atoms with van der Waals surface area (Å²) in [6.07, 6.45) is 5.14. The summed E-state index contributed by atoms with van der Waals surface area (Å²) < 4.78 is 1.81. The molecule has 1 amide bonds. The van der Waals surface area contributed by atoms with Crippen molar-refractivity contribution in [1.82, 2.24) is 14.9 Å². The van der Waals surface area contributed by atoms with Crippen LogP contribution in [0.4, 0.5) is 0 Å². The van der Waals surface area contributed by atoms with Gasteiger partial charge in [-0.3, -0.25) is 14.6 Å². The summed E-state index contributed by atoms with van der Waals surface area (Å²) in [5, 5.41) is 3.75. The molecule has 0 saturated carbocycles. The third-order valence-electron chi connectivity index (χ3n) is 3.72. The number of rotatable bonds is 5. The van der Waals surface area contributed by atoms with E-state index >= 15 is 0 Å². The standard InChI is InChI=1S/C18H17N3O2/c1-13(22)16-11-21(17-5-3-2-4-15(16)17)12-18(23)20-10-14-6-8-19-9-7-14/h2-9,11H,10,12H2,1H3,(H,20,23). The van der Waals surface area contributed by atoms with Crippen molar-refractivity contribution < 1.29 is 9.59 Å². The van der Waals surface area contributed by atoms with Crippen molar-refractivity contribution in [3.05, 3.63) is 66.1 Å². The van der Waals surface area contributed by atoms with E-state index in [9.17, 15) is 9.59 Å². The third kappa shape index (κ3) is 3.29. The number of Topliss-reactive ketones (excluding diaryl/α,β-unsaturated/α-hetero) is 1. The van der Waals surface area contributed by atoms with Crippen LogP contribution in [-0.2, 0) is 17.9 Å². The van der Waals surface area contributed by atoms with Crippen LogP contribution in [0.15, 0.2) is 55.0 Å². The number of fused-ring (bicyclic) bond motifs is 1. The van der Waals surface area contributed by atoms with Gasteiger partial charge in [-0.1, -0.05) is 18.2 Å². The minimum absolute atomic E-state index is 0.00264. The van der Waals surface area contributed by atoms with Crippen molar-refractivity contribution in [2.75, 3.05) is 0 Å². The van der Waals surface area contributed by atoms with Crippen molar-refractivity contribution in [2.24, 2.45) is 0 Å². The van der Waals surface area contributed by atoms with Gasteiger partial charge in [-0.15, -0.1) is 0 Å². The molecule has 0 fully saturated rings. The largest absolute Gasteiger partial charge is 0.350 e. The fourth-order valence-electron chi connectivity index (χ4n) is 2.57. The molecule has 1 aromatic carbocycles. The van der Waals surface area contributed by atoms with Crippen LogP contribution in [0, 0.1) is 0 Å². The lowest BCUT2D eigenvalue weighted by Crippen LogP contribution is -2.26. The van der Waals surface area contributed by atoms with Gasteiger partial charge in [-0.25, -0.2) is 0 Å². The van der Waals surface area contributed by atoms with Gasteiger partial charge in [0, 0.05) is 41.6 Å². The zero-order chi connectivity index (χ0) is 16.2. The molecule has 5 nitrogen and oxygen atoms in total. The lowest BCUT2D eigenvalue weighted by molar-refractivity contribution is -0.121. The smallest absolute Gasteiger partial charge is 0.240 e. The van der Waals surface area contributed by atoms with Gasteiger partial charge in [0.25, 0.3) is 0 Å². The molecule has 5 heteroatoms. The molecule has 23 heavy (non-hydrogen) atoms. The zero-order valence-corrected chi connectivity index (χ0v) is 12.8. The van der Waals surface area contributed by atoms with E-state index < -0.39 is 0 Å². The van der Waals surface area contributed by atoms with Gasteiger partial charge in [0.2, 0.25) is 5.91 Å². The molecule has 0 spiro atoms. The number of aromatic nitrogens is 2. The first-order valence-corrected chi connectivity index (χ1v) is 7.39. The summed E-state index contributed by atoms with van der Waals surface area (Å²) in [4.78, 5) is 27.9. The summed E-state index contributed by atoms with van der Waals surface area (Å²) in [6, 6.07) is 11.3. The Labute approximate surface area is 134 Å². The number of pyridine rings is 1. The topological polar surface area (TPSA) is 64.0 Å². The average molecular weight is 307 g/mol. The van der Waals surface area contributed by atoms with Crippen LogP contribution in [0.25, 0.3) is 10.9 Å². The number of para-hydroxylation sites is 1. The highest BCUT2D eigenvalue weighted by molar-refractivity contribution is 6.07. The van der Waals surface area contributed by atoms with Crippen LogP contribution in [0.1, 0.15) is 22.8 Å². The summed E-state index contributed by atoms with van der Waals surface area (Å²) >= 11 is 0. The van der Waals surface area contributed by atoms with Crippen LogP contribution >= 0.6 is 0 Å². The first-order chi connectivity index (χ1) is 11.1. The van der Waals surface area contributed by atoms with Gasteiger partial charge in [0.05, 0.1) is 0 Å². The quantitative estimate of drug-likeness (QED) is 0.737. The summed E-state index contributed by atoms with van der Waals surface area (Å²) in [6.45, 7) is 2.18.